The molecule has 0 saturated carbocycles. The van der Waals surface area contributed by atoms with E-state index in [2.05, 4.69) is 168 Å². The lowest BCUT2D eigenvalue weighted by Gasteiger charge is -2.45. The molecule has 11 aromatic rings. The molecule has 5 heteroatoms. The van der Waals surface area contributed by atoms with Crippen LogP contribution in [0, 0.1) is 6.92 Å². The fourth-order valence-corrected chi connectivity index (χ4v) is 12.2. The van der Waals surface area contributed by atoms with Gasteiger partial charge in [-0.05, 0) is 128 Å². The van der Waals surface area contributed by atoms with Gasteiger partial charge in [-0.3, -0.25) is 0 Å². The molecule has 0 saturated heterocycles. The van der Waals surface area contributed by atoms with Crippen LogP contribution in [0.25, 0.3) is 56.2 Å². The maximum Gasteiger partial charge on any atom is 0.252 e. The van der Waals surface area contributed by atoms with E-state index in [9.17, 15) is 0 Å². The van der Waals surface area contributed by atoms with Crippen molar-refractivity contribution in [2.75, 3.05) is 9.80 Å². The molecule has 4 aliphatic rings. The molecule has 0 fully saturated rings. The van der Waals surface area contributed by atoms with Crippen LogP contribution in [0.2, 0.25) is 0 Å². The summed E-state index contributed by atoms with van der Waals surface area (Å²) in [5.74, 6) is 0.0697. The van der Waals surface area contributed by atoms with Gasteiger partial charge in [0, 0.05) is 50.8 Å². The van der Waals surface area contributed by atoms with Crippen molar-refractivity contribution in [2.24, 2.45) is 0 Å². The van der Waals surface area contributed by atoms with Crippen molar-refractivity contribution in [3.8, 4) is 56.2 Å². The van der Waals surface area contributed by atoms with Gasteiger partial charge in [-0.1, -0.05) is 188 Å². The predicted molar refractivity (Wildman–Crippen MR) is 293 cm³/mol. The summed E-state index contributed by atoms with van der Waals surface area (Å²) >= 11 is 0. The molecule has 4 nitrogen and oxygen atoms in total. The predicted octanol–water partition coefficient (Wildman–Crippen LogP) is 14.2. The molecule has 0 bridgehead atoms. The molecule has 0 amide bonds. The summed E-state index contributed by atoms with van der Waals surface area (Å²) in [6.45, 7) is 2.03. The number of fused-ring (bicyclic) bond motifs is 14. The zero-order chi connectivity index (χ0) is 55.5. The average Bonchev–Trinajstić information content (AvgIpc) is 2.36. The fraction of sp³-hybridized carbons (Fsp3) is 0.0303. The molecule has 71 heavy (non-hydrogen) atoms. The summed E-state index contributed by atoms with van der Waals surface area (Å²) in [5, 5.41) is 0. The first kappa shape index (κ1) is 31.1. The van der Waals surface area contributed by atoms with Gasteiger partial charge in [0.2, 0.25) is 0 Å². The van der Waals surface area contributed by atoms with Crippen LogP contribution in [0.1, 0.15) is 41.5 Å². The Balaban J connectivity index is 1.02. The Morgan fingerprint density at radius 1 is 0.423 bits per heavy atom. The Morgan fingerprint density at radius 2 is 0.958 bits per heavy atom. The zero-order valence-electron chi connectivity index (χ0n) is 48.2. The average molecular weight is 913 g/mol. The SMILES string of the molecule is [2H]c1c([2H])c([2H])c(-c2cc(-c3c([2H])c([2H])c([2H])c([2H])c3[2H])nc(-c3cccc4c3-c3ccccc3C43c4ccccc4-c4cc5c(cc43)N(c3ccccc3)c3cc(C)cc4c3B5c3ccccc3N4c3ccccc3)n2)c([2H])c1[2H]. The monoisotopic (exact) mass is 912 g/mol. The minimum Gasteiger partial charge on any atom is -0.311 e. The summed E-state index contributed by atoms with van der Waals surface area (Å²) in [5.41, 5.74) is 18.2. The highest BCUT2D eigenvalue weighted by molar-refractivity contribution is 7.00. The van der Waals surface area contributed by atoms with Gasteiger partial charge < -0.3 is 9.80 Å². The number of benzene rings is 10. The molecule has 2 aliphatic carbocycles. The first-order chi connectivity index (χ1) is 39.3. The third-order valence-electron chi connectivity index (χ3n) is 14.9. The molecule has 15 rings (SSSR count). The lowest BCUT2D eigenvalue weighted by molar-refractivity contribution is 0.794. The Hall–Kier alpha value is -9.06. The maximum atomic E-state index is 9.08. The number of para-hydroxylation sites is 3. The van der Waals surface area contributed by atoms with Crippen LogP contribution >= 0.6 is 0 Å². The quantitative estimate of drug-likeness (QED) is 0.161. The Bertz CT molecular complexity index is 4450. The normalized spacial score (nSPS) is 17.1. The second kappa shape index (κ2) is 15.2. The van der Waals surface area contributed by atoms with Crippen LogP contribution in [-0.2, 0) is 5.41 Å². The summed E-state index contributed by atoms with van der Waals surface area (Å²) in [4.78, 5) is 15.0. The highest BCUT2D eigenvalue weighted by atomic mass is 15.2. The molecule has 3 heterocycles. The van der Waals surface area contributed by atoms with Crippen LogP contribution in [0.15, 0.2) is 242 Å². The fourth-order valence-electron chi connectivity index (χ4n) is 12.2. The first-order valence-electron chi connectivity index (χ1n) is 28.8. The van der Waals surface area contributed by atoms with Gasteiger partial charge in [0.15, 0.2) is 5.82 Å². The summed E-state index contributed by atoms with van der Waals surface area (Å²) < 4.78 is 87.7. The van der Waals surface area contributed by atoms with Crippen molar-refractivity contribution < 1.29 is 13.7 Å². The standard InChI is InChI=1S/C66H43BN4/c1-42-37-61-64-62(38-42)71(46-27-12-5-13-28-46)60-40-54-50(39-56(60)67(64)55-35-18-19-36-59(55)70(61)45-25-10-4-11-26-45)47-29-14-16-32-51(47)66(54)52-33-17-15-30-48(52)63-49(31-20-34-53(63)66)65-68-57(43-21-6-2-7-22-43)41-58(69-65)44-23-8-3-9-24-44/h2-41H,1H3/i2D,3D,6D,7D,8D,9D,21D,22D,23D,24D. The van der Waals surface area contributed by atoms with E-state index in [0.717, 1.165) is 84.2 Å². The van der Waals surface area contributed by atoms with E-state index in [-0.39, 0.29) is 35.1 Å². The van der Waals surface area contributed by atoms with E-state index >= 15 is 0 Å². The number of anilines is 6. The largest absolute Gasteiger partial charge is 0.311 e. The summed E-state index contributed by atoms with van der Waals surface area (Å²) in [6, 6.07) is 58.2. The smallest absolute Gasteiger partial charge is 0.252 e. The topological polar surface area (TPSA) is 32.3 Å². The van der Waals surface area contributed by atoms with Gasteiger partial charge >= 0.3 is 0 Å². The van der Waals surface area contributed by atoms with Gasteiger partial charge in [0.05, 0.1) is 30.5 Å². The number of aromatic nitrogens is 2. The van der Waals surface area contributed by atoms with Gasteiger partial charge in [-0.2, -0.15) is 0 Å². The lowest BCUT2D eigenvalue weighted by Crippen LogP contribution is -2.61. The van der Waals surface area contributed by atoms with E-state index in [0.29, 0.717) is 5.56 Å². The van der Waals surface area contributed by atoms with Crippen LogP contribution in [0.5, 0.6) is 0 Å². The van der Waals surface area contributed by atoms with Crippen molar-refractivity contribution >= 4 is 57.2 Å². The van der Waals surface area contributed by atoms with Crippen LogP contribution in [-0.4, -0.2) is 16.7 Å². The second-order valence-electron chi connectivity index (χ2n) is 18.5. The number of aryl methyl sites for hydroxylation is 1. The highest BCUT2D eigenvalue weighted by Crippen LogP contribution is 2.64. The molecule has 0 N–H and O–H groups in total. The van der Waals surface area contributed by atoms with Crippen molar-refractivity contribution in [1.29, 1.82) is 0 Å². The number of nitrogens with zero attached hydrogens (tertiary/aromatic N) is 4. The third kappa shape index (κ3) is 5.63. The van der Waals surface area contributed by atoms with E-state index in [1.54, 1.807) is 0 Å². The Kier molecular flexibility index (Phi) is 6.68. The van der Waals surface area contributed by atoms with Crippen LogP contribution < -0.4 is 26.2 Å². The molecule has 330 valence electrons. The van der Waals surface area contributed by atoms with Gasteiger partial charge in [-0.15, -0.1) is 0 Å². The minimum absolute atomic E-state index is 0.0697. The van der Waals surface area contributed by atoms with Crippen LogP contribution in [0.4, 0.5) is 34.1 Å². The minimum atomic E-state index is -0.919. The van der Waals surface area contributed by atoms with Crippen LogP contribution in [0.3, 0.4) is 0 Å². The first-order valence-corrected chi connectivity index (χ1v) is 23.8. The number of hydrogen-bond donors (Lipinski definition) is 0. The molecule has 1 aromatic heterocycles. The zero-order valence-corrected chi connectivity index (χ0v) is 38.2. The van der Waals surface area contributed by atoms with Gasteiger partial charge in [-0.25, -0.2) is 9.97 Å². The van der Waals surface area contributed by atoms with Crippen molar-refractivity contribution in [3.63, 3.8) is 0 Å². The molecular formula is C66H43BN4. The van der Waals surface area contributed by atoms with E-state index in [1.807, 2.05) is 24.3 Å². The van der Waals surface area contributed by atoms with Crippen molar-refractivity contribution in [2.45, 2.75) is 12.3 Å². The van der Waals surface area contributed by atoms with E-state index in [1.165, 1.54) is 22.5 Å². The second-order valence-corrected chi connectivity index (χ2v) is 18.5. The van der Waals surface area contributed by atoms with Gasteiger partial charge in [0.1, 0.15) is 0 Å². The van der Waals surface area contributed by atoms with E-state index < -0.39 is 65.8 Å². The van der Waals surface area contributed by atoms with Crippen molar-refractivity contribution in [3.05, 3.63) is 270 Å². The molecule has 0 radical (unpaired) electrons. The Labute approximate surface area is 428 Å². The molecule has 10 aromatic carbocycles. The van der Waals surface area contributed by atoms with E-state index in [4.69, 9.17) is 23.7 Å². The van der Waals surface area contributed by atoms with Crippen molar-refractivity contribution in [1.82, 2.24) is 9.97 Å². The number of rotatable bonds is 5. The lowest BCUT2D eigenvalue weighted by atomic mass is 9.33. The molecule has 1 atom stereocenters. The maximum absolute atomic E-state index is 9.08. The molecule has 1 spiro atoms. The number of hydrogen-bond acceptors (Lipinski definition) is 4. The molecule has 2 aliphatic heterocycles. The summed E-state index contributed by atoms with van der Waals surface area (Å²) in [7, 11) is 0. The molecular weight excluding hydrogens is 860 g/mol. The molecule has 1 unspecified atom stereocenters. The third-order valence-corrected chi connectivity index (χ3v) is 14.9. The van der Waals surface area contributed by atoms with Gasteiger partial charge in [0.25, 0.3) is 6.71 Å². The summed E-state index contributed by atoms with van der Waals surface area (Å²) in [6.07, 6.45) is 0. The highest BCUT2D eigenvalue weighted by Gasteiger charge is 2.54. The Morgan fingerprint density at radius 3 is 1.62 bits per heavy atom.